The van der Waals surface area contributed by atoms with Crippen LogP contribution in [0, 0.1) is 5.92 Å². The lowest BCUT2D eigenvalue weighted by Crippen LogP contribution is -2.42. The lowest BCUT2D eigenvalue weighted by atomic mass is 9.97. The van der Waals surface area contributed by atoms with Crippen LogP contribution in [-0.4, -0.2) is 50.0 Å². The van der Waals surface area contributed by atoms with Crippen molar-refractivity contribution in [2.75, 3.05) is 33.3 Å². The third-order valence-corrected chi connectivity index (χ3v) is 5.61. The van der Waals surface area contributed by atoms with Crippen LogP contribution in [0.5, 0.6) is 5.75 Å². The minimum absolute atomic E-state index is 0.0585. The fraction of sp³-hybridized carbons (Fsp3) is 0.360. The Kier molecular flexibility index (Phi) is 8.24. The highest BCUT2D eigenvalue weighted by atomic mass is 16.5. The normalized spacial score (nSPS) is 17.2. The Morgan fingerprint density at radius 1 is 1.16 bits per heavy atom. The van der Waals surface area contributed by atoms with Crippen LogP contribution in [0.1, 0.15) is 30.4 Å². The summed E-state index contributed by atoms with van der Waals surface area (Å²) in [6.45, 7) is 3.08. The SMILES string of the molecule is COc1ccccc1/C=C(/C(=O)NCCCN1CCCC(C(N)=O)C1)c1ccccc1. The van der Waals surface area contributed by atoms with Gasteiger partial charge in [0.2, 0.25) is 5.91 Å². The fourth-order valence-corrected chi connectivity index (χ4v) is 3.93. The molecule has 2 aromatic rings. The molecule has 0 spiro atoms. The number of benzene rings is 2. The van der Waals surface area contributed by atoms with Gasteiger partial charge in [-0.1, -0.05) is 48.5 Å². The van der Waals surface area contributed by atoms with Crippen LogP contribution in [0.3, 0.4) is 0 Å². The molecule has 3 N–H and O–H groups in total. The summed E-state index contributed by atoms with van der Waals surface area (Å²) in [6.07, 6.45) is 4.54. The lowest BCUT2D eigenvalue weighted by Gasteiger charge is -2.31. The van der Waals surface area contributed by atoms with Gasteiger partial charge in [-0.2, -0.15) is 0 Å². The molecule has 2 aromatic carbocycles. The van der Waals surface area contributed by atoms with Gasteiger partial charge in [0.15, 0.2) is 0 Å². The molecule has 164 valence electrons. The molecule has 0 saturated carbocycles. The average molecular weight is 422 g/mol. The molecule has 0 aliphatic carbocycles. The second kappa shape index (κ2) is 11.3. The van der Waals surface area contributed by atoms with Crippen molar-refractivity contribution in [2.45, 2.75) is 19.3 Å². The number of ether oxygens (including phenoxy) is 1. The number of likely N-dealkylation sites (tertiary alicyclic amines) is 1. The number of nitrogens with two attached hydrogens (primary N) is 1. The van der Waals surface area contributed by atoms with E-state index in [1.165, 1.54) is 0 Å². The van der Waals surface area contributed by atoms with Gasteiger partial charge in [-0.05, 0) is 50.1 Å². The topological polar surface area (TPSA) is 84.7 Å². The second-order valence-corrected chi connectivity index (χ2v) is 7.82. The maximum atomic E-state index is 13.0. The van der Waals surface area contributed by atoms with Gasteiger partial charge in [0.1, 0.15) is 5.75 Å². The molecule has 3 rings (SSSR count). The van der Waals surface area contributed by atoms with E-state index in [2.05, 4.69) is 10.2 Å². The molecule has 1 heterocycles. The van der Waals surface area contributed by atoms with Crippen molar-refractivity contribution < 1.29 is 14.3 Å². The molecule has 1 aliphatic heterocycles. The highest BCUT2D eigenvalue weighted by molar-refractivity contribution is 6.24. The molecular weight excluding hydrogens is 390 g/mol. The standard InChI is InChI=1S/C25H31N3O3/c1-31-23-13-6-5-11-20(23)17-22(19-9-3-2-4-10-19)25(30)27-14-8-16-28-15-7-12-21(18-28)24(26)29/h2-6,9-11,13,17,21H,7-8,12,14-16,18H2,1H3,(H2,26,29)(H,27,30)/b22-17+. The van der Waals surface area contributed by atoms with Crippen LogP contribution in [0.15, 0.2) is 54.6 Å². The van der Waals surface area contributed by atoms with Crippen LogP contribution < -0.4 is 15.8 Å². The zero-order chi connectivity index (χ0) is 22.1. The Bertz CT molecular complexity index is 911. The van der Waals surface area contributed by atoms with Gasteiger partial charge in [0.25, 0.3) is 5.91 Å². The first-order valence-corrected chi connectivity index (χ1v) is 10.8. The zero-order valence-corrected chi connectivity index (χ0v) is 18.0. The molecule has 6 nitrogen and oxygen atoms in total. The summed E-state index contributed by atoms with van der Waals surface area (Å²) < 4.78 is 5.44. The predicted molar refractivity (Wildman–Crippen MR) is 123 cm³/mol. The molecule has 1 unspecified atom stereocenters. The maximum Gasteiger partial charge on any atom is 0.251 e. The summed E-state index contributed by atoms with van der Waals surface area (Å²) in [4.78, 5) is 26.8. The maximum absolute atomic E-state index is 13.0. The summed E-state index contributed by atoms with van der Waals surface area (Å²) in [5.41, 5.74) is 7.76. The number of hydrogen-bond acceptors (Lipinski definition) is 4. The Labute approximate surface area is 184 Å². The van der Waals surface area contributed by atoms with Gasteiger partial charge in [-0.3, -0.25) is 9.59 Å². The third kappa shape index (κ3) is 6.43. The fourth-order valence-electron chi connectivity index (χ4n) is 3.93. The van der Waals surface area contributed by atoms with Crippen LogP contribution in [-0.2, 0) is 9.59 Å². The van der Waals surface area contributed by atoms with Crippen molar-refractivity contribution in [1.82, 2.24) is 10.2 Å². The predicted octanol–water partition coefficient (Wildman–Crippen LogP) is 2.94. The third-order valence-electron chi connectivity index (χ3n) is 5.61. The highest BCUT2D eigenvalue weighted by Gasteiger charge is 2.23. The summed E-state index contributed by atoms with van der Waals surface area (Å²) in [5.74, 6) is 0.326. The van der Waals surface area contributed by atoms with Crippen molar-refractivity contribution in [2.24, 2.45) is 11.7 Å². The Hall–Kier alpha value is -3.12. The van der Waals surface area contributed by atoms with E-state index in [1.807, 2.05) is 60.7 Å². The molecule has 1 fully saturated rings. The van der Waals surface area contributed by atoms with Crippen LogP contribution in [0.25, 0.3) is 11.6 Å². The molecule has 6 heteroatoms. The Morgan fingerprint density at radius 2 is 1.90 bits per heavy atom. The second-order valence-electron chi connectivity index (χ2n) is 7.82. The summed E-state index contributed by atoms with van der Waals surface area (Å²) in [6, 6.07) is 17.3. The van der Waals surface area contributed by atoms with Gasteiger partial charge in [-0.25, -0.2) is 0 Å². The molecule has 2 amide bonds. The number of primary amides is 1. The summed E-state index contributed by atoms with van der Waals surface area (Å²) in [7, 11) is 1.62. The van der Waals surface area contributed by atoms with Crippen LogP contribution in [0.4, 0.5) is 0 Å². The van der Waals surface area contributed by atoms with Gasteiger partial charge in [0, 0.05) is 24.2 Å². The molecule has 1 aliphatic rings. The molecule has 1 saturated heterocycles. The number of rotatable bonds is 9. The van der Waals surface area contributed by atoms with E-state index >= 15 is 0 Å². The van der Waals surface area contributed by atoms with E-state index in [0.717, 1.165) is 49.2 Å². The molecule has 1 atom stereocenters. The number of amides is 2. The first-order chi connectivity index (χ1) is 15.1. The number of para-hydroxylation sites is 1. The van der Waals surface area contributed by atoms with Crippen molar-refractivity contribution in [3.05, 3.63) is 65.7 Å². The minimum Gasteiger partial charge on any atom is -0.496 e. The number of methoxy groups -OCH3 is 1. The zero-order valence-electron chi connectivity index (χ0n) is 18.0. The van der Waals surface area contributed by atoms with E-state index < -0.39 is 0 Å². The Balaban J connectivity index is 1.63. The monoisotopic (exact) mass is 421 g/mol. The van der Waals surface area contributed by atoms with Crippen LogP contribution in [0.2, 0.25) is 0 Å². The number of nitrogens with one attached hydrogen (secondary N) is 1. The van der Waals surface area contributed by atoms with Crippen molar-refractivity contribution in [3.63, 3.8) is 0 Å². The number of hydrogen-bond donors (Lipinski definition) is 2. The van der Waals surface area contributed by atoms with Crippen molar-refractivity contribution >= 4 is 23.5 Å². The largest absolute Gasteiger partial charge is 0.496 e. The van der Waals surface area contributed by atoms with Gasteiger partial charge in [-0.15, -0.1) is 0 Å². The smallest absolute Gasteiger partial charge is 0.251 e. The number of carbonyl (C=O) groups is 2. The first-order valence-electron chi connectivity index (χ1n) is 10.8. The first kappa shape index (κ1) is 22.6. The Morgan fingerprint density at radius 3 is 2.65 bits per heavy atom. The molecular formula is C25H31N3O3. The minimum atomic E-state index is -0.216. The van der Waals surface area contributed by atoms with E-state index in [0.29, 0.717) is 18.7 Å². The van der Waals surface area contributed by atoms with Crippen molar-refractivity contribution in [3.8, 4) is 5.75 Å². The van der Waals surface area contributed by atoms with Crippen molar-refractivity contribution in [1.29, 1.82) is 0 Å². The quantitative estimate of drug-likeness (QED) is 0.370. The highest BCUT2D eigenvalue weighted by Crippen LogP contribution is 2.25. The summed E-state index contributed by atoms with van der Waals surface area (Å²) >= 11 is 0. The van der Waals surface area contributed by atoms with E-state index in [1.54, 1.807) is 7.11 Å². The number of carbonyl (C=O) groups excluding carboxylic acids is 2. The van der Waals surface area contributed by atoms with Gasteiger partial charge >= 0.3 is 0 Å². The molecule has 31 heavy (non-hydrogen) atoms. The summed E-state index contributed by atoms with van der Waals surface area (Å²) in [5, 5.41) is 3.05. The van der Waals surface area contributed by atoms with E-state index in [9.17, 15) is 9.59 Å². The number of nitrogens with zero attached hydrogens (tertiary/aromatic N) is 1. The van der Waals surface area contributed by atoms with E-state index in [-0.39, 0.29) is 17.7 Å². The lowest BCUT2D eigenvalue weighted by molar-refractivity contribution is -0.123. The van der Waals surface area contributed by atoms with Gasteiger partial charge < -0.3 is 20.7 Å². The molecule has 0 bridgehead atoms. The molecule has 0 aromatic heterocycles. The number of piperidine rings is 1. The molecule has 0 radical (unpaired) electrons. The van der Waals surface area contributed by atoms with Gasteiger partial charge in [0.05, 0.1) is 13.0 Å². The van der Waals surface area contributed by atoms with Crippen LogP contribution >= 0.6 is 0 Å². The average Bonchev–Trinajstić information content (AvgIpc) is 2.81. The van der Waals surface area contributed by atoms with E-state index in [4.69, 9.17) is 10.5 Å².